The van der Waals surface area contributed by atoms with Crippen molar-refractivity contribution in [1.82, 2.24) is 0 Å². The molecule has 0 aromatic heterocycles. The van der Waals surface area contributed by atoms with Gasteiger partial charge in [-0.05, 0) is 18.8 Å². The Morgan fingerprint density at radius 3 is 2.24 bits per heavy atom. The molecular formula is C15H24O6. The second-order valence-corrected chi connectivity index (χ2v) is 5.48. The van der Waals surface area contributed by atoms with E-state index >= 15 is 0 Å². The number of carboxylic acid groups (broad SMARTS) is 1. The molecule has 0 aromatic carbocycles. The van der Waals surface area contributed by atoms with Gasteiger partial charge >= 0.3 is 6.16 Å². The molecule has 0 aliphatic heterocycles. The molecule has 6 nitrogen and oxygen atoms in total. The van der Waals surface area contributed by atoms with Crippen LogP contribution in [0.15, 0.2) is 0 Å². The average molecular weight is 300 g/mol. The minimum absolute atomic E-state index is 0.0940. The molecule has 6 heteroatoms. The van der Waals surface area contributed by atoms with Crippen molar-refractivity contribution in [3.8, 4) is 0 Å². The maximum absolute atomic E-state index is 10.7. The summed E-state index contributed by atoms with van der Waals surface area (Å²) in [4.78, 5) is 31.3. The van der Waals surface area contributed by atoms with Crippen molar-refractivity contribution in [1.29, 1.82) is 0 Å². The van der Waals surface area contributed by atoms with E-state index in [2.05, 4.69) is 4.74 Å². The van der Waals surface area contributed by atoms with E-state index in [1.807, 2.05) is 0 Å². The van der Waals surface area contributed by atoms with Crippen LogP contribution in [0.1, 0.15) is 51.4 Å². The van der Waals surface area contributed by atoms with Crippen LogP contribution in [-0.4, -0.2) is 42.6 Å². The smallest absolute Gasteiger partial charge is 0.450 e. The molecule has 2 aliphatic carbocycles. The van der Waals surface area contributed by atoms with E-state index in [1.54, 1.807) is 7.11 Å². The fourth-order valence-corrected chi connectivity index (χ4v) is 2.74. The summed E-state index contributed by atoms with van der Waals surface area (Å²) in [6.07, 6.45) is 5.80. The zero-order valence-electron chi connectivity index (χ0n) is 12.5. The molecule has 2 fully saturated rings. The highest BCUT2D eigenvalue weighted by molar-refractivity contribution is 6.12. The number of hydrogen-bond donors (Lipinski definition) is 1. The summed E-state index contributed by atoms with van der Waals surface area (Å²) in [5.41, 5.74) is 0. The van der Waals surface area contributed by atoms with Gasteiger partial charge in [0.25, 0.3) is 0 Å². The van der Waals surface area contributed by atoms with Crippen LogP contribution < -0.4 is 0 Å². The number of ether oxygens (including phenoxy) is 2. The van der Waals surface area contributed by atoms with Crippen LogP contribution in [0.5, 0.6) is 0 Å². The van der Waals surface area contributed by atoms with Crippen molar-refractivity contribution in [2.75, 3.05) is 13.7 Å². The zero-order valence-corrected chi connectivity index (χ0v) is 12.5. The van der Waals surface area contributed by atoms with Crippen molar-refractivity contribution in [2.24, 2.45) is 5.92 Å². The summed E-state index contributed by atoms with van der Waals surface area (Å²) >= 11 is 0. The molecule has 0 aromatic rings. The molecule has 1 N–H and O–H groups in total. The lowest BCUT2D eigenvalue weighted by Crippen LogP contribution is -2.27. The van der Waals surface area contributed by atoms with E-state index in [-0.39, 0.29) is 12.8 Å². The second-order valence-electron chi connectivity index (χ2n) is 5.48. The van der Waals surface area contributed by atoms with Gasteiger partial charge < -0.3 is 14.6 Å². The highest BCUT2D eigenvalue weighted by Gasteiger charge is 2.36. The predicted octanol–water partition coefficient (Wildman–Crippen LogP) is 2.58. The summed E-state index contributed by atoms with van der Waals surface area (Å²) in [5, 5.41) is 8.08. The average Bonchev–Trinajstić information content (AvgIpc) is 3.05. The fraction of sp³-hybridized carbons (Fsp3) is 0.800. The molecule has 2 saturated carbocycles. The number of methoxy groups -OCH3 is 1. The Labute approximate surface area is 124 Å². The van der Waals surface area contributed by atoms with Crippen LogP contribution >= 0.6 is 0 Å². The van der Waals surface area contributed by atoms with Crippen LogP contribution in [-0.2, 0) is 19.1 Å². The third kappa shape index (κ3) is 6.71. The summed E-state index contributed by atoms with van der Waals surface area (Å²) in [6.45, 7) is 0.955. The van der Waals surface area contributed by atoms with Gasteiger partial charge in [-0.15, -0.1) is 0 Å². The number of Topliss-reactive ketones (excluding diaryl/α,β-unsaturated/α-hetero) is 2. The number of rotatable bonds is 5. The number of ketones is 2. The van der Waals surface area contributed by atoms with E-state index in [0.29, 0.717) is 0 Å². The monoisotopic (exact) mass is 300 g/mol. The van der Waals surface area contributed by atoms with Crippen molar-refractivity contribution in [3.05, 3.63) is 0 Å². The van der Waals surface area contributed by atoms with Gasteiger partial charge in [0.2, 0.25) is 6.10 Å². The number of carbonyl (C=O) groups is 3. The molecule has 120 valence electrons. The van der Waals surface area contributed by atoms with Gasteiger partial charge in [0.1, 0.15) is 0 Å². The largest absolute Gasteiger partial charge is 0.506 e. The number of hydrogen-bond acceptors (Lipinski definition) is 5. The minimum Gasteiger partial charge on any atom is -0.450 e. The topological polar surface area (TPSA) is 89.9 Å². The zero-order chi connectivity index (χ0) is 15.7. The Bertz CT molecular complexity index is 343. The van der Waals surface area contributed by atoms with Crippen LogP contribution in [0.2, 0.25) is 0 Å². The first kappa shape index (κ1) is 17.6. The molecule has 0 bridgehead atoms. The van der Waals surface area contributed by atoms with E-state index in [0.717, 1.165) is 12.5 Å². The van der Waals surface area contributed by atoms with E-state index in [9.17, 15) is 14.4 Å². The van der Waals surface area contributed by atoms with Crippen molar-refractivity contribution >= 4 is 17.7 Å². The maximum atomic E-state index is 10.7. The molecule has 0 atom stereocenters. The number of carbonyl (C=O) groups excluding carboxylic acids is 2. The predicted molar refractivity (Wildman–Crippen MR) is 75.2 cm³/mol. The summed E-state index contributed by atoms with van der Waals surface area (Å²) < 4.78 is 9.05. The van der Waals surface area contributed by atoms with Gasteiger partial charge in [-0.1, -0.05) is 25.7 Å². The molecule has 0 unspecified atom stereocenters. The van der Waals surface area contributed by atoms with Gasteiger partial charge in [-0.2, -0.15) is 0 Å². The van der Waals surface area contributed by atoms with Crippen LogP contribution in [0.25, 0.3) is 0 Å². The summed E-state index contributed by atoms with van der Waals surface area (Å²) in [7, 11) is 1.79. The first-order chi connectivity index (χ1) is 10.0. The first-order valence-electron chi connectivity index (χ1n) is 7.48. The molecule has 2 aliphatic rings. The summed E-state index contributed by atoms with van der Waals surface area (Å²) in [5.74, 6) is 0.143. The quantitative estimate of drug-likeness (QED) is 0.477. The van der Waals surface area contributed by atoms with Crippen LogP contribution in [0.4, 0.5) is 4.79 Å². The minimum atomic E-state index is -1.58. The molecule has 0 amide bonds. The van der Waals surface area contributed by atoms with Gasteiger partial charge in [0, 0.05) is 26.6 Å². The molecule has 0 spiro atoms. The third-order valence-electron chi connectivity index (χ3n) is 3.86. The Hall–Kier alpha value is -1.43. The van der Waals surface area contributed by atoms with Crippen molar-refractivity contribution in [3.63, 3.8) is 0 Å². The molecule has 0 radical (unpaired) electrons. The second kappa shape index (κ2) is 9.50. The molecule has 21 heavy (non-hydrogen) atoms. The van der Waals surface area contributed by atoms with E-state index < -0.39 is 23.8 Å². The Balaban J connectivity index is 0.000000211. The van der Waals surface area contributed by atoms with E-state index in [1.165, 1.54) is 38.5 Å². The third-order valence-corrected chi connectivity index (χ3v) is 3.86. The normalized spacial score (nSPS) is 19.5. The molecule has 0 heterocycles. The van der Waals surface area contributed by atoms with Gasteiger partial charge in [0.15, 0.2) is 11.6 Å². The fourth-order valence-electron chi connectivity index (χ4n) is 2.74. The Kier molecular flexibility index (Phi) is 7.97. The Morgan fingerprint density at radius 2 is 1.76 bits per heavy atom. The van der Waals surface area contributed by atoms with E-state index in [4.69, 9.17) is 9.84 Å². The standard InChI is InChI=1S/C9H18O.C6H6O5/c1-10-8-4-7-9-5-2-3-6-9;7-3-1-2-4(8)5(3)11-6(9)10/h9H,2-8H2,1H3;5H,1-2H2,(H,9,10). The van der Waals surface area contributed by atoms with Gasteiger partial charge in [-0.3, -0.25) is 9.59 Å². The highest BCUT2D eigenvalue weighted by atomic mass is 16.7. The van der Waals surface area contributed by atoms with Gasteiger partial charge in [0.05, 0.1) is 0 Å². The van der Waals surface area contributed by atoms with Gasteiger partial charge in [-0.25, -0.2) is 4.79 Å². The lowest BCUT2D eigenvalue weighted by molar-refractivity contribution is -0.134. The SMILES string of the molecule is COCCCC1CCCC1.O=C(O)OC1C(=O)CCC1=O. The molecule has 2 rings (SSSR count). The molecular weight excluding hydrogens is 276 g/mol. The first-order valence-corrected chi connectivity index (χ1v) is 7.48. The molecule has 0 saturated heterocycles. The summed E-state index contributed by atoms with van der Waals surface area (Å²) in [6, 6.07) is 0. The lowest BCUT2D eigenvalue weighted by Gasteiger charge is -2.06. The van der Waals surface area contributed by atoms with Crippen molar-refractivity contribution in [2.45, 2.75) is 57.5 Å². The maximum Gasteiger partial charge on any atom is 0.506 e. The highest BCUT2D eigenvalue weighted by Crippen LogP contribution is 2.28. The van der Waals surface area contributed by atoms with Crippen molar-refractivity contribution < 1.29 is 29.0 Å². The Morgan fingerprint density at radius 1 is 1.19 bits per heavy atom. The van der Waals surface area contributed by atoms with Crippen LogP contribution in [0, 0.1) is 5.92 Å². The lowest BCUT2D eigenvalue weighted by atomic mass is 10.0. The van der Waals surface area contributed by atoms with Crippen LogP contribution in [0.3, 0.4) is 0 Å².